The van der Waals surface area contributed by atoms with Crippen molar-refractivity contribution in [1.82, 2.24) is 9.80 Å². The van der Waals surface area contributed by atoms with E-state index in [0.717, 1.165) is 13.1 Å². The minimum absolute atomic E-state index is 0.0832. The number of nitrogens with one attached hydrogen (secondary N) is 1. The van der Waals surface area contributed by atoms with Gasteiger partial charge in [-0.25, -0.2) is 9.59 Å². The van der Waals surface area contributed by atoms with Crippen molar-refractivity contribution < 1.29 is 33.4 Å². The zero-order valence-electron chi connectivity index (χ0n) is 17.6. The molecular formula is C20H27N3O7. The Bertz CT molecular complexity index is 769. The van der Waals surface area contributed by atoms with Gasteiger partial charge in [0.25, 0.3) is 0 Å². The zero-order valence-corrected chi connectivity index (χ0v) is 17.6. The number of carbonyl (C=O) groups is 4. The highest BCUT2D eigenvalue weighted by atomic mass is 16.5. The van der Waals surface area contributed by atoms with E-state index in [9.17, 15) is 19.2 Å². The monoisotopic (exact) mass is 421 g/mol. The highest BCUT2D eigenvalue weighted by Gasteiger charge is 2.31. The maximum absolute atomic E-state index is 13.0. The largest absolute Gasteiger partial charge is 0.469 e. The lowest BCUT2D eigenvalue weighted by molar-refractivity contribution is -0.144. The van der Waals surface area contributed by atoms with Crippen LogP contribution in [0.15, 0.2) is 18.2 Å². The minimum atomic E-state index is -0.755. The molecule has 164 valence electrons. The quantitative estimate of drug-likeness (QED) is 0.493. The summed E-state index contributed by atoms with van der Waals surface area (Å²) in [7, 11) is 5.68. The number of hydrogen-bond acceptors (Lipinski definition) is 9. The lowest BCUT2D eigenvalue weighted by atomic mass is 10.1. The van der Waals surface area contributed by atoms with Gasteiger partial charge in [0.1, 0.15) is 6.04 Å². The third-order valence-electron chi connectivity index (χ3n) is 4.91. The maximum atomic E-state index is 13.0. The van der Waals surface area contributed by atoms with Crippen LogP contribution >= 0.6 is 0 Å². The van der Waals surface area contributed by atoms with Gasteiger partial charge in [-0.1, -0.05) is 0 Å². The maximum Gasteiger partial charge on any atom is 0.337 e. The van der Waals surface area contributed by atoms with E-state index < -0.39 is 29.9 Å². The zero-order chi connectivity index (χ0) is 22.3. The molecule has 1 aromatic rings. The molecule has 1 fully saturated rings. The van der Waals surface area contributed by atoms with Gasteiger partial charge in [0.2, 0.25) is 5.91 Å². The summed E-state index contributed by atoms with van der Waals surface area (Å²) in [6, 6.07) is 3.36. The minimum Gasteiger partial charge on any atom is -0.469 e. The molecule has 1 amide bonds. The van der Waals surface area contributed by atoms with E-state index in [2.05, 4.69) is 10.2 Å². The normalized spacial score (nSPS) is 15.7. The summed E-state index contributed by atoms with van der Waals surface area (Å²) >= 11 is 0. The summed E-state index contributed by atoms with van der Waals surface area (Å²) in [5.41, 5.74) is 0.381. The number of carbonyl (C=O) groups excluding carboxylic acids is 4. The van der Waals surface area contributed by atoms with Crippen molar-refractivity contribution in [2.75, 3.05) is 59.9 Å². The molecule has 1 N–H and O–H groups in total. The number of rotatable bonds is 7. The lowest BCUT2D eigenvalue weighted by Gasteiger charge is -2.36. The van der Waals surface area contributed by atoms with Gasteiger partial charge in [-0.05, 0) is 25.2 Å². The van der Waals surface area contributed by atoms with Crippen molar-refractivity contribution in [1.29, 1.82) is 0 Å². The summed E-state index contributed by atoms with van der Waals surface area (Å²) in [6.07, 6.45) is -0.118. The van der Waals surface area contributed by atoms with Crippen LogP contribution in [0.2, 0.25) is 0 Å². The van der Waals surface area contributed by atoms with Crippen molar-refractivity contribution in [3.63, 3.8) is 0 Å². The van der Waals surface area contributed by atoms with E-state index in [-0.39, 0.29) is 23.2 Å². The number of anilines is 1. The number of hydrogen-bond donors (Lipinski definition) is 1. The number of likely N-dealkylation sites (N-methyl/N-ethyl adjacent to an activating group) is 1. The summed E-state index contributed by atoms with van der Waals surface area (Å²) < 4.78 is 14.2. The fraction of sp³-hybridized carbons (Fsp3) is 0.500. The van der Waals surface area contributed by atoms with Crippen LogP contribution in [-0.2, 0) is 23.8 Å². The third kappa shape index (κ3) is 6.01. The second-order valence-corrected chi connectivity index (χ2v) is 6.91. The molecule has 1 aromatic carbocycles. The molecule has 10 heteroatoms. The first-order valence-corrected chi connectivity index (χ1v) is 9.41. The second-order valence-electron chi connectivity index (χ2n) is 6.91. The standard InChI is InChI=1S/C20H27N3O7/c1-22-5-7-23(8-6-22)16(12-17(24)28-2)18(25)21-15-10-13(19(26)29-3)9-14(11-15)20(27)30-4/h9-11,16H,5-8,12H2,1-4H3,(H,21,25)/t16-/m1/s1. The number of piperazine rings is 1. The molecule has 1 aliphatic rings. The van der Waals surface area contributed by atoms with Gasteiger partial charge in [-0.2, -0.15) is 0 Å². The highest BCUT2D eigenvalue weighted by Crippen LogP contribution is 2.19. The Morgan fingerprint density at radius 1 is 0.900 bits per heavy atom. The van der Waals surface area contributed by atoms with Gasteiger partial charge in [0.15, 0.2) is 0 Å². The van der Waals surface area contributed by atoms with Crippen LogP contribution in [0.3, 0.4) is 0 Å². The van der Waals surface area contributed by atoms with Gasteiger partial charge in [-0.15, -0.1) is 0 Å². The molecule has 0 aliphatic carbocycles. The molecule has 2 rings (SSSR count). The summed E-state index contributed by atoms with van der Waals surface area (Å²) in [5.74, 6) is -2.28. The first-order valence-electron chi connectivity index (χ1n) is 9.41. The first kappa shape index (κ1) is 23.3. The van der Waals surface area contributed by atoms with Crippen LogP contribution in [0.25, 0.3) is 0 Å². The Labute approximate surface area is 175 Å². The van der Waals surface area contributed by atoms with E-state index in [1.807, 2.05) is 11.9 Å². The summed E-state index contributed by atoms with van der Waals surface area (Å²) in [6.45, 7) is 2.74. The van der Waals surface area contributed by atoms with E-state index >= 15 is 0 Å². The molecule has 30 heavy (non-hydrogen) atoms. The van der Waals surface area contributed by atoms with Crippen LogP contribution in [0.4, 0.5) is 5.69 Å². The molecule has 0 unspecified atom stereocenters. The molecule has 0 bridgehead atoms. The lowest BCUT2D eigenvalue weighted by Crippen LogP contribution is -2.53. The van der Waals surface area contributed by atoms with Gasteiger partial charge in [0, 0.05) is 31.9 Å². The number of amides is 1. The topological polar surface area (TPSA) is 114 Å². The van der Waals surface area contributed by atoms with E-state index in [1.54, 1.807) is 0 Å². The Hall–Kier alpha value is -2.98. The number of esters is 3. The fourth-order valence-corrected chi connectivity index (χ4v) is 3.16. The van der Waals surface area contributed by atoms with Crippen molar-refractivity contribution in [2.24, 2.45) is 0 Å². The molecule has 0 spiro atoms. The van der Waals surface area contributed by atoms with Crippen molar-refractivity contribution in [3.05, 3.63) is 29.3 Å². The van der Waals surface area contributed by atoms with Gasteiger partial charge < -0.3 is 24.4 Å². The first-order chi connectivity index (χ1) is 14.3. The summed E-state index contributed by atoms with van der Waals surface area (Å²) in [5, 5.41) is 2.70. The Morgan fingerprint density at radius 2 is 1.43 bits per heavy atom. The van der Waals surface area contributed by atoms with Gasteiger partial charge in [0.05, 0.1) is 38.9 Å². The number of ether oxygens (including phenoxy) is 3. The third-order valence-corrected chi connectivity index (χ3v) is 4.91. The molecule has 1 aliphatic heterocycles. The molecule has 1 saturated heterocycles. The number of benzene rings is 1. The average Bonchev–Trinajstić information content (AvgIpc) is 2.76. The van der Waals surface area contributed by atoms with Crippen LogP contribution < -0.4 is 5.32 Å². The fourth-order valence-electron chi connectivity index (χ4n) is 3.16. The van der Waals surface area contributed by atoms with Crippen LogP contribution in [0.1, 0.15) is 27.1 Å². The molecule has 10 nitrogen and oxygen atoms in total. The Morgan fingerprint density at radius 3 is 1.90 bits per heavy atom. The highest BCUT2D eigenvalue weighted by molar-refractivity contribution is 6.01. The smallest absolute Gasteiger partial charge is 0.337 e. The molecule has 0 radical (unpaired) electrons. The Kier molecular flexibility index (Phi) is 8.31. The van der Waals surface area contributed by atoms with Gasteiger partial charge >= 0.3 is 17.9 Å². The van der Waals surface area contributed by atoms with Crippen molar-refractivity contribution in [3.8, 4) is 0 Å². The van der Waals surface area contributed by atoms with E-state index in [1.165, 1.54) is 39.5 Å². The van der Waals surface area contributed by atoms with E-state index in [0.29, 0.717) is 13.1 Å². The molecule has 1 atom stereocenters. The summed E-state index contributed by atoms with van der Waals surface area (Å²) in [4.78, 5) is 52.9. The Balaban J connectivity index is 2.29. The SMILES string of the molecule is COC(=O)C[C@H](C(=O)Nc1cc(C(=O)OC)cc(C(=O)OC)c1)N1CCN(C)CC1. The van der Waals surface area contributed by atoms with Gasteiger partial charge in [-0.3, -0.25) is 14.5 Å². The molecule has 0 aromatic heterocycles. The molecule has 0 saturated carbocycles. The van der Waals surface area contributed by atoms with Crippen molar-refractivity contribution >= 4 is 29.5 Å². The number of nitrogens with zero attached hydrogens (tertiary/aromatic N) is 2. The van der Waals surface area contributed by atoms with Crippen LogP contribution in [-0.4, -0.2) is 94.2 Å². The van der Waals surface area contributed by atoms with E-state index in [4.69, 9.17) is 14.2 Å². The van der Waals surface area contributed by atoms with Crippen LogP contribution in [0.5, 0.6) is 0 Å². The average molecular weight is 421 g/mol. The predicted molar refractivity (Wildman–Crippen MR) is 107 cm³/mol. The second kappa shape index (κ2) is 10.7. The van der Waals surface area contributed by atoms with Crippen molar-refractivity contribution in [2.45, 2.75) is 12.5 Å². The molecule has 1 heterocycles. The predicted octanol–water partition coefficient (Wildman–Crippen LogP) is 0.377. The number of methoxy groups -OCH3 is 3. The van der Waals surface area contributed by atoms with Crippen LogP contribution in [0, 0.1) is 0 Å². The molecular weight excluding hydrogens is 394 g/mol.